The van der Waals surface area contributed by atoms with Crippen LogP contribution in [0, 0.1) is 0 Å². The third kappa shape index (κ3) is 5.03. The van der Waals surface area contributed by atoms with Crippen LogP contribution in [0.2, 0.25) is 0 Å². The summed E-state index contributed by atoms with van der Waals surface area (Å²) < 4.78 is 10.9. The number of benzene rings is 2. The summed E-state index contributed by atoms with van der Waals surface area (Å²) in [6.45, 7) is 5.17. The molecule has 3 aromatic rings. The molecule has 1 aliphatic heterocycles. The quantitative estimate of drug-likeness (QED) is 0.321. The van der Waals surface area contributed by atoms with E-state index in [-0.39, 0.29) is 12.1 Å². The number of thioether (sulfide) groups is 1. The van der Waals surface area contributed by atoms with Crippen LogP contribution in [0.5, 0.6) is 0 Å². The molecule has 0 saturated carbocycles. The van der Waals surface area contributed by atoms with Gasteiger partial charge in [-0.2, -0.15) is 4.98 Å². The van der Waals surface area contributed by atoms with E-state index >= 15 is 0 Å². The molecule has 0 saturated heterocycles. The van der Waals surface area contributed by atoms with Crippen molar-refractivity contribution in [3.63, 3.8) is 0 Å². The highest BCUT2D eigenvalue weighted by Gasteiger charge is 2.35. The Labute approximate surface area is 204 Å². The molecule has 0 aliphatic carbocycles. The summed E-state index contributed by atoms with van der Waals surface area (Å²) in [5.74, 6) is 0.925. The van der Waals surface area contributed by atoms with Gasteiger partial charge in [0.25, 0.3) is 5.89 Å². The van der Waals surface area contributed by atoms with Crippen molar-refractivity contribution in [1.29, 1.82) is 0 Å². The number of aromatic nitrogens is 2. The minimum absolute atomic E-state index is 0.144. The maximum Gasteiger partial charge on any atom is 0.322 e. The van der Waals surface area contributed by atoms with Gasteiger partial charge in [-0.1, -0.05) is 36.3 Å². The average Bonchev–Trinajstić information content (AvgIpc) is 3.35. The summed E-state index contributed by atoms with van der Waals surface area (Å²) in [7, 11) is 1.66. The molecular weight excluding hydrogens is 448 g/mol. The molecule has 1 N–H and O–H groups in total. The largest absolute Gasteiger partial charge is 0.385 e. The molecule has 2 aromatic carbocycles. The van der Waals surface area contributed by atoms with Crippen molar-refractivity contribution in [1.82, 2.24) is 20.4 Å². The van der Waals surface area contributed by atoms with Crippen LogP contribution in [0.1, 0.15) is 43.3 Å². The van der Waals surface area contributed by atoms with Crippen LogP contribution >= 0.6 is 11.8 Å². The molecule has 34 heavy (non-hydrogen) atoms. The van der Waals surface area contributed by atoms with Gasteiger partial charge in [-0.15, -0.1) is 11.8 Å². The summed E-state index contributed by atoms with van der Waals surface area (Å²) in [6, 6.07) is 15.8. The van der Waals surface area contributed by atoms with Crippen molar-refractivity contribution >= 4 is 23.4 Å². The SMILES string of the molecule is CCc1ccc(C2NC(=O)N(CCCOC)C(C)=C2c2nc(-c3ccc(SC)cc3)no2)cc1. The van der Waals surface area contributed by atoms with Crippen LogP contribution < -0.4 is 5.32 Å². The first-order valence-corrected chi connectivity index (χ1v) is 12.6. The minimum atomic E-state index is -0.385. The maximum atomic E-state index is 13.0. The van der Waals surface area contributed by atoms with Gasteiger partial charge < -0.3 is 14.6 Å². The molecule has 2 heterocycles. The van der Waals surface area contributed by atoms with Crippen molar-refractivity contribution in [2.45, 2.75) is 37.6 Å². The first kappa shape index (κ1) is 24.0. The van der Waals surface area contributed by atoms with E-state index in [1.165, 1.54) is 10.5 Å². The molecule has 1 unspecified atom stereocenters. The van der Waals surface area contributed by atoms with Gasteiger partial charge in [0.05, 0.1) is 11.6 Å². The highest BCUT2D eigenvalue weighted by molar-refractivity contribution is 7.98. The summed E-state index contributed by atoms with van der Waals surface area (Å²) >= 11 is 1.68. The highest BCUT2D eigenvalue weighted by Crippen LogP contribution is 2.37. The number of nitrogens with one attached hydrogen (secondary N) is 1. The Morgan fingerprint density at radius 3 is 2.53 bits per heavy atom. The van der Waals surface area contributed by atoms with Gasteiger partial charge in [0.15, 0.2) is 0 Å². The average molecular weight is 479 g/mol. The number of rotatable bonds is 9. The first-order chi connectivity index (χ1) is 16.5. The van der Waals surface area contributed by atoms with Gasteiger partial charge in [-0.3, -0.25) is 4.90 Å². The van der Waals surface area contributed by atoms with Gasteiger partial charge in [0.1, 0.15) is 0 Å². The summed E-state index contributed by atoms with van der Waals surface area (Å²) in [4.78, 5) is 20.7. The molecule has 1 aliphatic rings. The van der Waals surface area contributed by atoms with E-state index in [1.54, 1.807) is 23.8 Å². The standard InChI is InChI=1S/C26H30N4O3S/c1-5-18-7-9-19(10-8-18)23-22(17(2)30(26(31)27-23)15-6-16-32-3)25-28-24(29-33-25)20-11-13-21(34-4)14-12-20/h7-14,23H,5-6,15-16H2,1-4H3,(H,27,31). The Kier molecular flexibility index (Phi) is 7.70. The fraction of sp³-hybridized carbons (Fsp3) is 0.346. The molecule has 0 spiro atoms. The van der Waals surface area contributed by atoms with Gasteiger partial charge >= 0.3 is 6.03 Å². The number of nitrogens with zero attached hydrogens (tertiary/aromatic N) is 3. The predicted octanol–water partition coefficient (Wildman–Crippen LogP) is 5.55. The molecule has 0 radical (unpaired) electrons. The van der Waals surface area contributed by atoms with E-state index in [9.17, 15) is 4.79 Å². The second kappa shape index (κ2) is 10.9. The molecule has 0 fully saturated rings. The Morgan fingerprint density at radius 2 is 1.88 bits per heavy atom. The number of aryl methyl sites for hydroxylation is 1. The normalized spacial score (nSPS) is 16.2. The van der Waals surface area contributed by atoms with Crippen LogP contribution in [-0.4, -0.2) is 47.6 Å². The predicted molar refractivity (Wildman–Crippen MR) is 134 cm³/mol. The third-order valence-electron chi connectivity index (χ3n) is 6.05. The van der Waals surface area contributed by atoms with Gasteiger partial charge in [0.2, 0.25) is 5.82 Å². The zero-order chi connectivity index (χ0) is 24.1. The second-order valence-electron chi connectivity index (χ2n) is 8.13. The van der Waals surface area contributed by atoms with Crippen molar-refractivity contribution in [2.75, 3.05) is 26.5 Å². The Bertz CT molecular complexity index is 1160. The lowest BCUT2D eigenvalue weighted by Crippen LogP contribution is -2.46. The zero-order valence-electron chi connectivity index (χ0n) is 20.0. The van der Waals surface area contributed by atoms with Crippen LogP contribution in [0.3, 0.4) is 0 Å². The van der Waals surface area contributed by atoms with E-state index < -0.39 is 0 Å². The number of carbonyl (C=O) groups excluding carboxylic acids is 1. The molecule has 7 nitrogen and oxygen atoms in total. The smallest absolute Gasteiger partial charge is 0.322 e. The van der Waals surface area contributed by atoms with E-state index in [2.05, 4.69) is 41.7 Å². The number of carbonyl (C=O) groups is 1. The second-order valence-corrected chi connectivity index (χ2v) is 9.01. The number of amides is 2. The van der Waals surface area contributed by atoms with Crippen LogP contribution in [0.4, 0.5) is 4.79 Å². The van der Waals surface area contributed by atoms with Crippen LogP contribution in [-0.2, 0) is 11.2 Å². The fourth-order valence-corrected chi connectivity index (χ4v) is 4.49. The van der Waals surface area contributed by atoms with Gasteiger partial charge in [-0.05, 0) is 61.4 Å². The number of urea groups is 1. The molecule has 8 heteroatoms. The van der Waals surface area contributed by atoms with Crippen molar-refractivity contribution in [3.8, 4) is 11.4 Å². The van der Waals surface area contributed by atoms with Crippen LogP contribution in [0.25, 0.3) is 17.0 Å². The summed E-state index contributed by atoms with van der Waals surface area (Å²) in [5, 5.41) is 7.40. The number of methoxy groups -OCH3 is 1. The number of hydrogen-bond acceptors (Lipinski definition) is 6. The van der Waals surface area contributed by atoms with Crippen molar-refractivity contribution in [2.24, 2.45) is 0 Å². The highest BCUT2D eigenvalue weighted by atomic mass is 32.2. The third-order valence-corrected chi connectivity index (χ3v) is 6.80. The van der Waals surface area contributed by atoms with Gasteiger partial charge in [-0.25, -0.2) is 4.79 Å². The van der Waals surface area contributed by atoms with Crippen molar-refractivity contribution in [3.05, 3.63) is 71.2 Å². The molecule has 0 bridgehead atoms. The minimum Gasteiger partial charge on any atom is -0.385 e. The van der Waals surface area contributed by atoms with E-state index in [4.69, 9.17) is 14.2 Å². The summed E-state index contributed by atoms with van der Waals surface area (Å²) in [5.41, 5.74) is 4.70. The molecule has 178 valence electrons. The van der Waals surface area contributed by atoms with Crippen LogP contribution in [0.15, 0.2) is 63.6 Å². The number of allylic oxidation sites excluding steroid dienone is 1. The monoisotopic (exact) mass is 478 g/mol. The van der Waals surface area contributed by atoms with Gasteiger partial charge in [0, 0.05) is 36.4 Å². The first-order valence-electron chi connectivity index (χ1n) is 11.4. The zero-order valence-corrected chi connectivity index (χ0v) is 20.8. The van der Waals surface area contributed by atoms with E-state index in [0.29, 0.717) is 24.9 Å². The topological polar surface area (TPSA) is 80.5 Å². The van der Waals surface area contributed by atoms with E-state index in [1.807, 2.05) is 37.4 Å². The molecule has 2 amide bonds. The lowest BCUT2D eigenvalue weighted by molar-refractivity contribution is 0.174. The maximum absolute atomic E-state index is 13.0. The van der Waals surface area contributed by atoms with E-state index in [0.717, 1.165) is 35.2 Å². The van der Waals surface area contributed by atoms with Crippen molar-refractivity contribution < 1.29 is 14.1 Å². The Hall–Kier alpha value is -3.10. The molecule has 4 rings (SSSR count). The summed E-state index contributed by atoms with van der Waals surface area (Å²) in [6.07, 6.45) is 3.72. The number of hydrogen-bond donors (Lipinski definition) is 1. The number of ether oxygens (including phenoxy) is 1. The Balaban J connectivity index is 1.74. The lowest BCUT2D eigenvalue weighted by atomic mass is 9.93. The fourth-order valence-electron chi connectivity index (χ4n) is 4.08. The Morgan fingerprint density at radius 1 is 1.15 bits per heavy atom. The molecule has 1 aromatic heterocycles. The molecule has 1 atom stereocenters. The molecular formula is C26H30N4O3S. The lowest BCUT2D eigenvalue weighted by Gasteiger charge is -2.35.